The molecule has 1 aromatic rings. The maximum atomic E-state index is 7.16. The zero-order chi connectivity index (χ0) is 10.7. The summed E-state index contributed by atoms with van der Waals surface area (Å²) in [6.45, 7) is 0. The molecule has 2 rings (SSSR count). The fourth-order valence-corrected chi connectivity index (χ4v) is 2.50. The first-order valence-corrected chi connectivity index (χ1v) is 5.99. The first kappa shape index (κ1) is 10.4. The van der Waals surface area contributed by atoms with Crippen LogP contribution in [0.3, 0.4) is 0 Å². The van der Waals surface area contributed by atoms with Crippen molar-refractivity contribution in [3.8, 4) is 0 Å². The summed E-state index contributed by atoms with van der Waals surface area (Å²) in [5, 5.41) is 19.6. The summed E-state index contributed by atoms with van der Waals surface area (Å²) in [4.78, 5) is 0. The van der Waals surface area contributed by atoms with E-state index in [0.717, 1.165) is 18.0 Å². The van der Waals surface area contributed by atoms with Crippen LogP contribution in [0.25, 0.3) is 0 Å². The van der Waals surface area contributed by atoms with Crippen LogP contribution in [0.5, 0.6) is 0 Å². The average Bonchev–Trinajstić information content (AvgIpc) is 2.85. The van der Waals surface area contributed by atoms with Gasteiger partial charge in [-0.05, 0) is 23.3 Å². The normalized spacial score (nSPS) is 17.1. The lowest BCUT2D eigenvalue weighted by molar-refractivity contribution is 0.423. The van der Waals surface area contributed by atoms with E-state index in [1.807, 2.05) is 4.68 Å². The van der Waals surface area contributed by atoms with Crippen LogP contribution >= 0.6 is 11.8 Å². The minimum atomic E-state index is 0.154. The van der Waals surface area contributed by atoms with Crippen LogP contribution in [-0.2, 0) is 0 Å². The van der Waals surface area contributed by atoms with Gasteiger partial charge >= 0.3 is 0 Å². The highest BCUT2D eigenvalue weighted by Gasteiger charge is 2.21. The van der Waals surface area contributed by atoms with Gasteiger partial charge in [-0.3, -0.25) is 5.41 Å². The Morgan fingerprint density at radius 3 is 2.93 bits per heavy atom. The van der Waals surface area contributed by atoms with E-state index >= 15 is 0 Å². The van der Waals surface area contributed by atoms with Gasteiger partial charge in [-0.25, -0.2) is 4.68 Å². The number of thioether (sulfide) groups is 1. The van der Waals surface area contributed by atoms with Crippen LogP contribution in [-0.4, -0.2) is 31.8 Å². The summed E-state index contributed by atoms with van der Waals surface area (Å²) in [6.07, 6.45) is 4.81. The number of nitrogens with one attached hydrogen (secondary N) is 1. The molecule has 0 bridgehead atoms. The highest BCUT2D eigenvalue weighted by molar-refractivity contribution is 7.99. The van der Waals surface area contributed by atoms with E-state index in [9.17, 15) is 0 Å². The Hall–Kier alpha value is -1.11. The predicted molar refractivity (Wildman–Crippen MR) is 58.0 cm³/mol. The molecular formula is C8H14N6S. The molecule has 1 fully saturated rings. The fourth-order valence-electron chi connectivity index (χ4n) is 1.80. The van der Waals surface area contributed by atoms with E-state index in [4.69, 9.17) is 11.1 Å². The predicted octanol–water partition coefficient (Wildman–Crippen LogP) is 0.816. The van der Waals surface area contributed by atoms with Gasteiger partial charge in [0.25, 0.3) is 0 Å². The highest BCUT2D eigenvalue weighted by atomic mass is 32.2. The molecule has 0 spiro atoms. The van der Waals surface area contributed by atoms with Gasteiger partial charge in [0.2, 0.25) is 5.16 Å². The van der Waals surface area contributed by atoms with Crippen molar-refractivity contribution in [2.45, 2.75) is 36.9 Å². The second kappa shape index (κ2) is 4.61. The molecule has 6 nitrogen and oxygen atoms in total. The van der Waals surface area contributed by atoms with Crippen LogP contribution in [0.4, 0.5) is 0 Å². The van der Waals surface area contributed by atoms with Crippen LogP contribution in [0.1, 0.15) is 31.7 Å². The summed E-state index contributed by atoms with van der Waals surface area (Å²) in [5.74, 6) is 0.605. The van der Waals surface area contributed by atoms with Crippen molar-refractivity contribution < 1.29 is 0 Å². The van der Waals surface area contributed by atoms with Gasteiger partial charge in [0, 0.05) is 0 Å². The van der Waals surface area contributed by atoms with Crippen molar-refractivity contribution in [1.82, 2.24) is 20.2 Å². The van der Waals surface area contributed by atoms with Crippen molar-refractivity contribution in [3.63, 3.8) is 0 Å². The standard InChI is InChI=1S/C8H14N6S/c9-7(10)5-15-8-11-12-13-14(8)6-3-1-2-4-6/h6H,1-5H2,(H3,9,10). The molecule has 1 heterocycles. The SMILES string of the molecule is N=C(N)CSc1nnnn1C1CCCC1. The Kier molecular flexibility index (Phi) is 3.20. The Morgan fingerprint density at radius 2 is 2.27 bits per heavy atom. The molecule has 1 saturated carbocycles. The van der Waals surface area contributed by atoms with Crippen LogP contribution < -0.4 is 5.73 Å². The van der Waals surface area contributed by atoms with Gasteiger partial charge in [0.1, 0.15) is 5.84 Å². The van der Waals surface area contributed by atoms with Gasteiger partial charge in [-0.2, -0.15) is 0 Å². The van der Waals surface area contributed by atoms with Crippen molar-refractivity contribution in [1.29, 1.82) is 5.41 Å². The number of hydrogen-bond acceptors (Lipinski definition) is 5. The maximum absolute atomic E-state index is 7.16. The van der Waals surface area contributed by atoms with E-state index in [2.05, 4.69) is 15.5 Å². The monoisotopic (exact) mass is 226 g/mol. The summed E-state index contributed by atoms with van der Waals surface area (Å²) in [7, 11) is 0. The molecule has 82 valence electrons. The quantitative estimate of drug-likeness (QED) is 0.450. The minimum Gasteiger partial charge on any atom is -0.387 e. The Balaban J connectivity index is 2.04. The number of tetrazole rings is 1. The molecule has 1 aliphatic rings. The number of hydrogen-bond donors (Lipinski definition) is 2. The van der Waals surface area contributed by atoms with Gasteiger partial charge < -0.3 is 5.73 Å². The Labute approximate surface area is 92.1 Å². The second-order valence-electron chi connectivity index (χ2n) is 3.66. The third-order valence-electron chi connectivity index (χ3n) is 2.49. The van der Waals surface area contributed by atoms with E-state index in [0.29, 0.717) is 11.8 Å². The number of aromatic nitrogens is 4. The van der Waals surface area contributed by atoms with E-state index in [1.54, 1.807) is 0 Å². The summed E-state index contributed by atoms with van der Waals surface area (Å²) in [5.41, 5.74) is 5.30. The third-order valence-corrected chi connectivity index (χ3v) is 3.47. The first-order chi connectivity index (χ1) is 7.27. The van der Waals surface area contributed by atoms with Crippen molar-refractivity contribution in [3.05, 3.63) is 0 Å². The zero-order valence-corrected chi connectivity index (χ0v) is 9.20. The summed E-state index contributed by atoms with van der Waals surface area (Å²) < 4.78 is 1.88. The maximum Gasteiger partial charge on any atom is 0.210 e. The topological polar surface area (TPSA) is 93.5 Å². The minimum absolute atomic E-state index is 0.154. The molecular weight excluding hydrogens is 212 g/mol. The number of rotatable bonds is 4. The lowest BCUT2D eigenvalue weighted by Gasteiger charge is -2.10. The number of nitrogens with zero attached hydrogens (tertiary/aromatic N) is 4. The van der Waals surface area contributed by atoms with Crippen molar-refractivity contribution >= 4 is 17.6 Å². The number of amidine groups is 1. The first-order valence-electron chi connectivity index (χ1n) is 5.01. The third kappa shape index (κ3) is 2.47. The zero-order valence-electron chi connectivity index (χ0n) is 8.39. The average molecular weight is 226 g/mol. The molecule has 15 heavy (non-hydrogen) atoms. The van der Waals surface area contributed by atoms with Gasteiger partial charge in [-0.15, -0.1) is 5.10 Å². The molecule has 1 aromatic heterocycles. The molecule has 7 heteroatoms. The van der Waals surface area contributed by atoms with Crippen molar-refractivity contribution in [2.24, 2.45) is 5.73 Å². The highest BCUT2D eigenvalue weighted by Crippen LogP contribution is 2.31. The number of nitrogens with two attached hydrogens (primary N) is 1. The van der Waals surface area contributed by atoms with Crippen LogP contribution in [0.2, 0.25) is 0 Å². The van der Waals surface area contributed by atoms with Gasteiger partial charge in [-0.1, -0.05) is 24.6 Å². The van der Waals surface area contributed by atoms with Crippen LogP contribution in [0, 0.1) is 5.41 Å². The van der Waals surface area contributed by atoms with E-state index in [-0.39, 0.29) is 5.84 Å². The smallest absolute Gasteiger partial charge is 0.210 e. The molecule has 0 unspecified atom stereocenters. The second-order valence-corrected chi connectivity index (χ2v) is 4.60. The molecule has 0 radical (unpaired) electrons. The van der Waals surface area contributed by atoms with Crippen molar-refractivity contribution in [2.75, 3.05) is 5.75 Å². The molecule has 0 aromatic carbocycles. The summed E-state index contributed by atoms with van der Waals surface area (Å²) >= 11 is 1.43. The van der Waals surface area contributed by atoms with E-state index < -0.39 is 0 Å². The Bertz CT molecular complexity index is 343. The lowest BCUT2D eigenvalue weighted by atomic mass is 10.3. The fraction of sp³-hybridized carbons (Fsp3) is 0.750. The van der Waals surface area contributed by atoms with Gasteiger partial charge in [0.05, 0.1) is 11.8 Å². The summed E-state index contributed by atoms with van der Waals surface area (Å²) in [6, 6.07) is 0.439. The molecule has 0 aliphatic heterocycles. The molecule has 0 atom stereocenters. The molecule has 1 aliphatic carbocycles. The van der Waals surface area contributed by atoms with Gasteiger partial charge in [0.15, 0.2) is 0 Å². The molecule has 3 N–H and O–H groups in total. The molecule has 0 amide bonds. The van der Waals surface area contributed by atoms with Crippen LogP contribution in [0.15, 0.2) is 5.16 Å². The molecule has 0 saturated heterocycles. The Morgan fingerprint density at radius 1 is 1.53 bits per heavy atom. The lowest BCUT2D eigenvalue weighted by Crippen LogP contribution is -2.14. The largest absolute Gasteiger partial charge is 0.387 e. The van der Waals surface area contributed by atoms with E-state index in [1.165, 1.54) is 24.6 Å².